The fourth-order valence-electron chi connectivity index (χ4n) is 1.81. The van der Waals surface area contributed by atoms with Gasteiger partial charge in [-0.25, -0.2) is 0 Å². The third-order valence-corrected chi connectivity index (χ3v) is 4.46. The molecule has 0 aliphatic heterocycles. The average Bonchev–Trinajstić information content (AvgIpc) is 2.63. The number of aliphatic carboxylic acids is 1. The van der Waals surface area contributed by atoms with Crippen molar-refractivity contribution < 1.29 is 15.0 Å². The number of carboxylic acids is 1. The standard InChI is InChI=1S/C14H22O3S/c1-9(8-13(16)17)7-10(15)11-5-6-12(18-11)14(2,3)4/h5-6,9-10,15H,7-8H2,1-4H3,(H,16,17). The van der Waals surface area contributed by atoms with Crippen LogP contribution in [0.4, 0.5) is 0 Å². The van der Waals surface area contributed by atoms with Crippen LogP contribution in [0.3, 0.4) is 0 Å². The first-order valence-corrected chi connectivity index (χ1v) is 7.02. The molecule has 0 spiro atoms. The predicted molar refractivity (Wildman–Crippen MR) is 74.0 cm³/mol. The maximum atomic E-state index is 10.6. The molecule has 0 fully saturated rings. The van der Waals surface area contributed by atoms with Crippen LogP contribution in [0.5, 0.6) is 0 Å². The van der Waals surface area contributed by atoms with E-state index in [2.05, 4.69) is 20.8 Å². The van der Waals surface area contributed by atoms with Crippen LogP contribution in [-0.2, 0) is 10.2 Å². The second-order valence-corrected chi connectivity index (χ2v) is 7.02. The van der Waals surface area contributed by atoms with E-state index in [0.717, 1.165) is 4.88 Å². The van der Waals surface area contributed by atoms with E-state index in [4.69, 9.17) is 5.11 Å². The fourth-order valence-corrected chi connectivity index (χ4v) is 2.88. The second-order valence-electron chi connectivity index (χ2n) is 5.91. The Morgan fingerprint density at radius 1 is 1.39 bits per heavy atom. The maximum Gasteiger partial charge on any atom is 0.303 e. The van der Waals surface area contributed by atoms with Crippen LogP contribution in [0, 0.1) is 5.92 Å². The van der Waals surface area contributed by atoms with Gasteiger partial charge in [-0.1, -0.05) is 27.7 Å². The van der Waals surface area contributed by atoms with Crippen LogP contribution in [0.2, 0.25) is 0 Å². The van der Waals surface area contributed by atoms with Crippen molar-refractivity contribution in [2.45, 2.75) is 52.1 Å². The van der Waals surface area contributed by atoms with Crippen LogP contribution in [0.1, 0.15) is 56.4 Å². The van der Waals surface area contributed by atoms with Gasteiger partial charge in [0.1, 0.15) is 0 Å². The molecule has 102 valence electrons. The smallest absolute Gasteiger partial charge is 0.303 e. The molecule has 0 aromatic carbocycles. The Kier molecular flexibility index (Phi) is 4.93. The van der Waals surface area contributed by atoms with Gasteiger partial charge in [0.25, 0.3) is 0 Å². The van der Waals surface area contributed by atoms with Crippen LogP contribution in [-0.4, -0.2) is 16.2 Å². The lowest BCUT2D eigenvalue weighted by Gasteiger charge is -2.16. The minimum absolute atomic E-state index is 0.0160. The van der Waals surface area contributed by atoms with Crippen molar-refractivity contribution in [3.63, 3.8) is 0 Å². The molecule has 18 heavy (non-hydrogen) atoms. The van der Waals surface area contributed by atoms with Gasteiger partial charge < -0.3 is 10.2 Å². The van der Waals surface area contributed by atoms with Crippen molar-refractivity contribution >= 4 is 17.3 Å². The number of hydrogen-bond acceptors (Lipinski definition) is 3. The van der Waals surface area contributed by atoms with Crippen molar-refractivity contribution in [1.29, 1.82) is 0 Å². The van der Waals surface area contributed by atoms with Crippen LogP contribution in [0.15, 0.2) is 12.1 Å². The van der Waals surface area contributed by atoms with E-state index >= 15 is 0 Å². The second kappa shape index (κ2) is 5.85. The van der Waals surface area contributed by atoms with Gasteiger partial charge in [-0.05, 0) is 29.9 Å². The highest BCUT2D eigenvalue weighted by Crippen LogP contribution is 2.34. The molecule has 0 aliphatic rings. The number of thiophene rings is 1. The number of carboxylic acid groups (broad SMARTS) is 1. The third-order valence-electron chi connectivity index (χ3n) is 2.84. The van der Waals surface area contributed by atoms with Gasteiger partial charge in [0.2, 0.25) is 0 Å². The van der Waals surface area contributed by atoms with E-state index in [-0.39, 0.29) is 17.8 Å². The topological polar surface area (TPSA) is 57.5 Å². The van der Waals surface area contributed by atoms with E-state index < -0.39 is 12.1 Å². The van der Waals surface area contributed by atoms with Crippen molar-refractivity contribution in [3.8, 4) is 0 Å². The number of rotatable bonds is 5. The lowest BCUT2D eigenvalue weighted by atomic mass is 9.95. The summed E-state index contributed by atoms with van der Waals surface area (Å²) in [5.74, 6) is -0.825. The Morgan fingerprint density at radius 3 is 2.44 bits per heavy atom. The molecule has 1 rings (SSSR count). The molecular weight excluding hydrogens is 248 g/mol. The van der Waals surface area contributed by atoms with Gasteiger partial charge in [0.05, 0.1) is 6.10 Å². The maximum absolute atomic E-state index is 10.6. The molecular formula is C14H22O3S. The molecule has 1 heterocycles. The van der Waals surface area contributed by atoms with Crippen LogP contribution in [0.25, 0.3) is 0 Å². The zero-order valence-electron chi connectivity index (χ0n) is 11.4. The molecule has 2 unspecified atom stereocenters. The molecule has 0 saturated carbocycles. The fraction of sp³-hybridized carbons (Fsp3) is 0.643. The van der Waals surface area contributed by atoms with Gasteiger partial charge in [0.15, 0.2) is 0 Å². The Morgan fingerprint density at radius 2 is 2.00 bits per heavy atom. The summed E-state index contributed by atoms with van der Waals surface area (Å²) in [5.41, 5.74) is 0.0926. The summed E-state index contributed by atoms with van der Waals surface area (Å²) in [7, 11) is 0. The Bertz CT molecular complexity index is 403. The summed E-state index contributed by atoms with van der Waals surface area (Å²) < 4.78 is 0. The molecule has 0 saturated heterocycles. The van der Waals surface area contributed by atoms with Crippen LogP contribution < -0.4 is 0 Å². The summed E-state index contributed by atoms with van der Waals surface area (Å²) in [6.45, 7) is 8.28. The first-order chi connectivity index (χ1) is 8.20. The molecule has 0 radical (unpaired) electrons. The lowest BCUT2D eigenvalue weighted by molar-refractivity contribution is -0.138. The molecule has 2 atom stereocenters. The molecule has 4 heteroatoms. The van der Waals surface area contributed by atoms with Crippen molar-refractivity contribution in [3.05, 3.63) is 21.9 Å². The SMILES string of the molecule is CC(CC(=O)O)CC(O)c1ccc(C(C)(C)C)s1. The molecule has 0 aliphatic carbocycles. The molecule has 2 N–H and O–H groups in total. The van der Waals surface area contributed by atoms with E-state index in [1.54, 1.807) is 11.3 Å². The molecule has 1 aromatic rings. The van der Waals surface area contributed by atoms with Crippen LogP contribution >= 0.6 is 11.3 Å². The monoisotopic (exact) mass is 270 g/mol. The number of hydrogen-bond donors (Lipinski definition) is 2. The lowest BCUT2D eigenvalue weighted by Crippen LogP contribution is -2.09. The van der Waals surface area contributed by atoms with Crippen molar-refractivity contribution in [1.82, 2.24) is 0 Å². The summed E-state index contributed by atoms with van der Waals surface area (Å²) in [6, 6.07) is 3.99. The van der Waals surface area contributed by atoms with Crippen molar-refractivity contribution in [2.75, 3.05) is 0 Å². The minimum Gasteiger partial charge on any atom is -0.481 e. The molecule has 1 aromatic heterocycles. The van der Waals surface area contributed by atoms with Gasteiger partial charge in [-0.3, -0.25) is 4.79 Å². The summed E-state index contributed by atoms with van der Waals surface area (Å²) >= 11 is 1.61. The quantitative estimate of drug-likeness (QED) is 0.859. The van der Waals surface area contributed by atoms with Gasteiger partial charge >= 0.3 is 5.97 Å². The van der Waals surface area contributed by atoms with Gasteiger partial charge in [0, 0.05) is 16.2 Å². The molecule has 0 bridgehead atoms. The third kappa shape index (κ3) is 4.42. The molecule has 0 amide bonds. The van der Waals surface area contributed by atoms with Gasteiger partial charge in [-0.15, -0.1) is 11.3 Å². The van der Waals surface area contributed by atoms with E-state index in [1.807, 2.05) is 19.1 Å². The normalized spacial score (nSPS) is 15.4. The molecule has 3 nitrogen and oxygen atoms in total. The zero-order chi connectivity index (χ0) is 13.9. The first kappa shape index (κ1) is 15.2. The Labute approximate surface area is 112 Å². The van der Waals surface area contributed by atoms with Gasteiger partial charge in [-0.2, -0.15) is 0 Å². The van der Waals surface area contributed by atoms with E-state index in [1.165, 1.54) is 4.88 Å². The minimum atomic E-state index is -0.809. The number of aliphatic hydroxyl groups excluding tert-OH is 1. The Balaban J connectivity index is 2.64. The zero-order valence-corrected chi connectivity index (χ0v) is 12.3. The number of aliphatic hydroxyl groups is 1. The average molecular weight is 270 g/mol. The summed E-state index contributed by atoms with van der Waals surface area (Å²) in [5, 5.41) is 18.8. The highest BCUT2D eigenvalue weighted by atomic mass is 32.1. The Hall–Kier alpha value is -0.870. The number of carbonyl (C=O) groups is 1. The van der Waals surface area contributed by atoms with E-state index in [0.29, 0.717) is 6.42 Å². The predicted octanol–water partition coefficient (Wildman–Crippen LogP) is 3.58. The highest BCUT2D eigenvalue weighted by molar-refractivity contribution is 7.12. The summed E-state index contributed by atoms with van der Waals surface area (Å²) in [4.78, 5) is 12.8. The summed E-state index contributed by atoms with van der Waals surface area (Å²) in [6.07, 6.45) is 0.0470. The largest absolute Gasteiger partial charge is 0.481 e. The highest BCUT2D eigenvalue weighted by Gasteiger charge is 2.20. The van der Waals surface area contributed by atoms with E-state index in [9.17, 15) is 9.90 Å². The first-order valence-electron chi connectivity index (χ1n) is 6.20. The van der Waals surface area contributed by atoms with Crippen molar-refractivity contribution in [2.24, 2.45) is 5.92 Å².